The molecule has 0 aliphatic carbocycles. The minimum atomic E-state index is -1.24. The van der Waals surface area contributed by atoms with Gasteiger partial charge in [0, 0.05) is 22.6 Å². The molecule has 1 amide bonds. The van der Waals surface area contributed by atoms with Crippen LogP contribution in [-0.4, -0.2) is 30.1 Å². The maximum absolute atomic E-state index is 12.7. The molecule has 0 aromatic heterocycles. The number of fused-ring (bicyclic) bond motifs is 1. The molecule has 2 bridgehead atoms. The summed E-state index contributed by atoms with van der Waals surface area (Å²) in [5.41, 5.74) is -0.205. The summed E-state index contributed by atoms with van der Waals surface area (Å²) in [6.07, 6.45) is 2.96. The SMILES string of the molecule is O=C([O-])[C@H]1[C@@H]2C=C[C@]3(CN(c4cccc(Cl)c4)C(=O)[C@@H]13)O2. The molecular formula is C15H11ClNO4-. The van der Waals surface area contributed by atoms with Crippen molar-refractivity contribution >= 4 is 29.2 Å². The van der Waals surface area contributed by atoms with Crippen LogP contribution < -0.4 is 10.0 Å². The van der Waals surface area contributed by atoms with Crippen molar-refractivity contribution in [3.8, 4) is 0 Å². The van der Waals surface area contributed by atoms with E-state index in [1.165, 1.54) is 0 Å². The first-order valence-electron chi connectivity index (χ1n) is 6.67. The van der Waals surface area contributed by atoms with Gasteiger partial charge in [0.2, 0.25) is 5.91 Å². The van der Waals surface area contributed by atoms with Gasteiger partial charge in [-0.15, -0.1) is 0 Å². The van der Waals surface area contributed by atoms with E-state index in [1.54, 1.807) is 35.2 Å². The Morgan fingerprint density at radius 1 is 1.48 bits per heavy atom. The van der Waals surface area contributed by atoms with Crippen LogP contribution in [0, 0.1) is 11.8 Å². The Hall–Kier alpha value is -1.85. The number of rotatable bonds is 2. The summed E-state index contributed by atoms with van der Waals surface area (Å²) in [6, 6.07) is 6.92. The number of carbonyl (C=O) groups is 2. The molecule has 5 nitrogen and oxygen atoms in total. The Balaban J connectivity index is 1.75. The highest BCUT2D eigenvalue weighted by Crippen LogP contribution is 2.52. The van der Waals surface area contributed by atoms with Gasteiger partial charge in [0.15, 0.2) is 0 Å². The van der Waals surface area contributed by atoms with Crippen LogP contribution in [0.15, 0.2) is 36.4 Å². The average molecular weight is 305 g/mol. The van der Waals surface area contributed by atoms with Crippen LogP contribution in [0.1, 0.15) is 0 Å². The van der Waals surface area contributed by atoms with Crippen LogP contribution in [0.5, 0.6) is 0 Å². The van der Waals surface area contributed by atoms with Crippen LogP contribution in [0.3, 0.4) is 0 Å². The number of amides is 1. The maximum atomic E-state index is 12.7. The Labute approximate surface area is 125 Å². The van der Waals surface area contributed by atoms with Crippen LogP contribution in [0.25, 0.3) is 0 Å². The predicted octanol–water partition coefficient (Wildman–Crippen LogP) is 0.376. The first-order valence-corrected chi connectivity index (χ1v) is 7.05. The van der Waals surface area contributed by atoms with Gasteiger partial charge in [-0.05, 0) is 18.2 Å². The minimum absolute atomic E-state index is 0.252. The fourth-order valence-electron chi connectivity index (χ4n) is 3.63. The predicted molar refractivity (Wildman–Crippen MR) is 72.5 cm³/mol. The van der Waals surface area contributed by atoms with E-state index in [4.69, 9.17) is 16.3 Å². The van der Waals surface area contributed by atoms with Crippen molar-refractivity contribution in [2.45, 2.75) is 11.7 Å². The van der Waals surface area contributed by atoms with E-state index in [-0.39, 0.29) is 5.91 Å². The molecule has 0 saturated carbocycles. The zero-order chi connectivity index (χ0) is 14.8. The molecule has 3 heterocycles. The summed E-state index contributed by atoms with van der Waals surface area (Å²) in [6.45, 7) is 0.299. The second-order valence-corrected chi connectivity index (χ2v) is 6.06. The molecule has 0 radical (unpaired) electrons. The van der Waals surface area contributed by atoms with Crippen molar-refractivity contribution in [3.63, 3.8) is 0 Å². The number of hydrogen-bond acceptors (Lipinski definition) is 4. The summed E-state index contributed by atoms with van der Waals surface area (Å²) in [5.74, 6) is -3.14. The standard InChI is InChI=1S/C15H12ClNO4/c16-8-2-1-3-9(6-8)17-7-15-5-4-10(21-15)11(14(19)20)12(15)13(17)18/h1-6,10-12H,7H2,(H,19,20)/p-1/t10-,11-,12+,15+/m0/s1. The molecular weight excluding hydrogens is 294 g/mol. The Morgan fingerprint density at radius 3 is 3.00 bits per heavy atom. The van der Waals surface area contributed by atoms with Gasteiger partial charge in [-0.3, -0.25) is 4.79 Å². The third kappa shape index (κ3) is 1.61. The molecule has 1 aromatic rings. The smallest absolute Gasteiger partial charge is 0.234 e. The number of carbonyl (C=O) groups excluding carboxylic acids is 2. The van der Waals surface area contributed by atoms with Crippen molar-refractivity contribution < 1.29 is 19.4 Å². The Kier molecular flexibility index (Phi) is 2.50. The van der Waals surface area contributed by atoms with Gasteiger partial charge in [0.05, 0.1) is 18.6 Å². The maximum Gasteiger partial charge on any atom is 0.234 e. The van der Waals surface area contributed by atoms with Crippen LogP contribution in [-0.2, 0) is 14.3 Å². The third-order valence-electron chi connectivity index (χ3n) is 4.49. The molecule has 4 atom stereocenters. The third-order valence-corrected chi connectivity index (χ3v) is 4.73. The van der Waals surface area contributed by atoms with Crippen LogP contribution >= 0.6 is 11.6 Å². The summed E-state index contributed by atoms with van der Waals surface area (Å²) < 4.78 is 5.78. The number of aliphatic carboxylic acids is 1. The normalized spacial score (nSPS) is 36.3. The van der Waals surface area contributed by atoms with Crippen molar-refractivity contribution in [1.82, 2.24) is 0 Å². The summed E-state index contributed by atoms with van der Waals surface area (Å²) in [4.78, 5) is 25.6. The number of ether oxygens (including phenoxy) is 1. The largest absolute Gasteiger partial charge is 0.550 e. The number of halogens is 1. The number of carboxylic acids is 1. The van der Waals surface area contributed by atoms with Crippen molar-refractivity contribution in [3.05, 3.63) is 41.4 Å². The molecule has 1 spiro atoms. The topological polar surface area (TPSA) is 69.7 Å². The lowest BCUT2D eigenvalue weighted by Crippen LogP contribution is -2.45. The lowest BCUT2D eigenvalue weighted by Gasteiger charge is -2.24. The van der Waals surface area contributed by atoms with Gasteiger partial charge in [-0.25, -0.2) is 0 Å². The Bertz CT molecular complexity index is 688. The van der Waals surface area contributed by atoms with E-state index in [0.717, 1.165) is 0 Å². The van der Waals surface area contributed by atoms with E-state index in [0.29, 0.717) is 17.3 Å². The molecule has 0 unspecified atom stereocenters. The lowest BCUT2D eigenvalue weighted by molar-refractivity contribution is -0.313. The lowest BCUT2D eigenvalue weighted by atomic mass is 9.77. The zero-order valence-electron chi connectivity index (χ0n) is 10.9. The molecule has 6 heteroatoms. The molecule has 3 aliphatic heterocycles. The monoisotopic (exact) mass is 304 g/mol. The van der Waals surface area contributed by atoms with E-state index in [2.05, 4.69) is 0 Å². The van der Waals surface area contributed by atoms with Gasteiger partial charge < -0.3 is 19.5 Å². The quantitative estimate of drug-likeness (QED) is 0.741. The Morgan fingerprint density at radius 2 is 2.29 bits per heavy atom. The zero-order valence-corrected chi connectivity index (χ0v) is 11.6. The summed E-state index contributed by atoms with van der Waals surface area (Å²) in [7, 11) is 0. The van der Waals surface area contributed by atoms with Crippen LogP contribution in [0.4, 0.5) is 5.69 Å². The van der Waals surface area contributed by atoms with E-state index >= 15 is 0 Å². The van der Waals surface area contributed by atoms with E-state index in [1.807, 2.05) is 6.08 Å². The molecule has 2 saturated heterocycles. The van der Waals surface area contributed by atoms with Gasteiger partial charge in [-0.2, -0.15) is 0 Å². The molecule has 1 aromatic carbocycles. The highest BCUT2D eigenvalue weighted by atomic mass is 35.5. The number of nitrogens with zero attached hydrogens (tertiary/aromatic N) is 1. The van der Waals surface area contributed by atoms with E-state index < -0.39 is 29.5 Å². The summed E-state index contributed by atoms with van der Waals surface area (Å²) in [5, 5.41) is 11.9. The first kappa shape index (κ1) is 12.9. The van der Waals surface area contributed by atoms with Crippen LogP contribution in [0.2, 0.25) is 5.02 Å². The highest BCUT2D eigenvalue weighted by Gasteiger charge is 2.65. The first-order chi connectivity index (χ1) is 10.0. The molecule has 108 valence electrons. The molecule has 0 N–H and O–H groups in total. The molecule has 21 heavy (non-hydrogen) atoms. The fourth-order valence-corrected chi connectivity index (χ4v) is 3.81. The number of hydrogen-bond donors (Lipinski definition) is 0. The second-order valence-electron chi connectivity index (χ2n) is 5.62. The fraction of sp³-hybridized carbons (Fsp3) is 0.333. The highest BCUT2D eigenvalue weighted by molar-refractivity contribution is 6.31. The molecule has 2 fully saturated rings. The second kappa shape index (κ2) is 4.08. The van der Waals surface area contributed by atoms with E-state index in [9.17, 15) is 14.7 Å². The van der Waals surface area contributed by atoms with Gasteiger partial charge in [0.25, 0.3) is 0 Å². The van der Waals surface area contributed by atoms with Gasteiger partial charge >= 0.3 is 0 Å². The number of benzene rings is 1. The van der Waals surface area contributed by atoms with Crippen molar-refractivity contribution in [2.75, 3.05) is 11.4 Å². The number of carboxylic acid groups (broad SMARTS) is 1. The van der Waals surface area contributed by atoms with Gasteiger partial charge in [0.1, 0.15) is 5.60 Å². The number of anilines is 1. The molecule has 4 rings (SSSR count). The van der Waals surface area contributed by atoms with Crippen molar-refractivity contribution in [2.24, 2.45) is 11.8 Å². The minimum Gasteiger partial charge on any atom is -0.550 e. The average Bonchev–Trinajstić information content (AvgIpc) is 3.07. The molecule has 3 aliphatic rings. The van der Waals surface area contributed by atoms with Crippen molar-refractivity contribution in [1.29, 1.82) is 0 Å². The summed E-state index contributed by atoms with van der Waals surface area (Å²) >= 11 is 5.96. The van der Waals surface area contributed by atoms with Gasteiger partial charge in [-0.1, -0.05) is 29.8 Å².